The molecule has 1 aliphatic heterocycles. The van der Waals surface area contributed by atoms with E-state index in [1.54, 1.807) is 26.0 Å². The fraction of sp³-hybridized carbons (Fsp3) is 0.286. The van der Waals surface area contributed by atoms with Gasteiger partial charge in [0.15, 0.2) is 0 Å². The monoisotopic (exact) mass is 494 g/mol. The standard InChI is InChI=1S/C28H34N2O2S2/c1-8-21-13-23(22-11-9-10-17(2)12-22)16-29-27(21)28(19(4)33)34-20(5)30-24-14-25(31-6)18(3)26(15-24)32-7/h9-12,14-16,29-30,33H,5,8,13H2,1-4,6-7H3/b28-19+. The highest BCUT2D eigenvalue weighted by molar-refractivity contribution is 8.07. The van der Waals surface area contributed by atoms with Gasteiger partial charge in [-0.1, -0.05) is 55.1 Å². The lowest BCUT2D eigenvalue weighted by Gasteiger charge is -2.25. The van der Waals surface area contributed by atoms with Gasteiger partial charge < -0.3 is 20.1 Å². The third-order valence-corrected chi connectivity index (χ3v) is 7.22. The Kier molecular flexibility index (Phi) is 8.86. The second-order valence-corrected chi connectivity index (χ2v) is 10.0. The van der Waals surface area contributed by atoms with Crippen molar-refractivity contribution >= 4 is 35.7 Å². The van der Waals surface area contributed by atoms with Gasteiger partial charge in [-0.3, -0.25) is 0 Å². The number of anilines is 1. The molecular weight excluding hydrogens is 460 g/mol. The third-order valence-electron chi connectivity index (χ3n) is 5.78. The number of hydrogen-bond acceptors (Lipinski definition) is 6. The maximum atomic E-state index is 5.50. The molecule has 0 atom stereocenters. The summed E-state index contributed by atoms with van der Waals surface area (Å²) in [5.74, 6) is 1.53. The summed E-state index contributed by atoms with van der Waals surface area (Å²) in [6, 6.07) is 12.5. The zero-order valence-electron chi connectivity index (χ0n) is 20.8. The van der Waals surface area contributed by atoms with Crippen LogP contribution in [0.15, 0.2) is 75.3 Å². The SMILES string of the molecule is C=C(Nc1cc(OC)c(C)c(OC)c1)S/C(C1=C(CC)CC(c2cccc(C)c2)=CN1)=C(\C)S. The minimum Gasteiger partial charge on any atom is -0.496 e. The minimum atomic E-state index is 0.763. The van der Waals surface area contributed by atoms with Crippen molar-refractivity contribution in [3.8, 4) is 11.5 Å². The van der Waals surface area contributed by atoms with Crippen molar-refractivity contribution in [3.05, 3.63) is 92.0 Å². The average Bonchev–Trinajstić information content (AvgIpc) is 2.83. The van der Waals surface area contributed by atoms with Crippen molar-refractivity contribution in [2.24, 2.45) is 0 Å². The summed E-state index contributed by atoms with van der Waals surface area (Å²) in [6.07, 6.45) is 3.97. The van der Waals surface area contributed by atoms with Gasteiger partial charge in [-0.2, -0.15) is 0 Å². The Morgan fingerprint density at radius 3 is 2.38 bits per heavy atom. The molecule has 0 radical (unpaired) electrons. The van der Waals surface area contributed by atoms with Crippen LogP contribution in [0, 0.1) is 13.8 Å². The maximum absolute atomic E-state index is 5.50. The van der Waals surface area contributed by atoms with Gasteiger partial charge in [-0.25, -0.2) is 0 Å². The third kappa shape index (κ3) is 6.05. The molecule has 3 rings (SSSR count). The first-order chi connectivity index (χ1) is 16.3. The van der Waals surface area contributed by atoms with E-state index in [-0.39, 0.29) is 0 Å². The van der Waals surface area contributed by atoms with E-state index >= 15 is 0 Å². The van der Waals surface area contributed by atoms with Crippen molar-refractivity contribution in [2.45, 2.75) is 40.5 Å². The van der Waals surface area contributed by atoms with E-state index in [9.17, 15) is 0 Å². The van der Waals surface area contributed by atoms with E-state index in [0.717, 1.165) is 56.1 Å². The normalized spacial score (nSPS) is 14.1. The van der Waals surface area contributed by atoms with Gasteiger partial charge in [-0.15, -0.1) is 12.6 Å². The molecule has 0 saturated carbocycles. The maximum Gasteiger partial charge on any atom is 0.127 e. The second kappa shape index (κ2) is 11.6. The quantitative estimate of drug-likeness (QED) is 0.310. The summed E-state index contributed by atoms with van der Waals surface area (Å²) in [4.78, 5) is 2.00. The highest BCUT2D eigenvalue weighted by Gasteiger charge is 2.20. The molecule has 0 unspecified atom stereocenters. The summed E-state index contributed by atoms with van der Waals surface area (Å²) >= 11 is 6.29. The van der Waals surface area contributed by atoms with Crippen molar-refractivity contribution in [1.82, 2.24) is 5.32 Å². The summed E-state index contributed by atoms with van der Waals surface area (Å²) in [7, 11) is 3.32. The molecule has 0 fully saturated rings. The Bertz CT molecular complexity index is 1150. The Balaban J connectivity index is 1.81. The molecular formula is C28H34N2O2S2. The van der Waals surface area contributed by atoms with E-state index in [0.29, 0.717) is 0 Å². The first-order valence-corrected chi connectivity index (χ1v) is 12.5. The second-order valence-electron chi connectivity index (χ2n) is 8.26. The van der Waals surface area contributed by atoms with E-state index in [4.69, 9.17) is 22.1 Å². The lowest BCUT2D eigenvalue weighted by atomic mass is 9.93. The first-order valence-electron chi connectivity index (χ1n) is 11.3. The molecule has 0 aliphatic carbocycles. The van der Waals surface area contributed by atoms with E-state index in [1.165, 1.54) is 22.3 Å². The van der Waals surface area contributed by atoms with Crippen molar-refractivity contribution in [2.75, 3.05) is 19.5 Å². The van der Waals surface area contributed by atoms with Crippen molar-refractivity contribution in [1.29, 1.82) is 0 Å². The van der Waals surface area contributed by atoms with Crippen LogP contribution >= 0.6 is 24.4 Å². The van der Waals surface area contributed by atoms with Gasteiger partial charge >= 0.3 is 0 Å². The summed E-state index contributed by atoms with van der Waals surface area (Å²) in [5, 5.41) is 7.74. The number of methoxy groups -OCH3 is 2. The average molecular weight is 495 g/mol. The Morgan fingerprint density at radius 1 is 1.15 bits per heavy atom. The Hall–Kier alpha value is -2.70. The number of aryl methyl sites for hydroxylation is 1. The van der Waals surface area contributed by atoms with Crippen LogP contribution in [0.3, 0.4) is 0 Å². The molecule has 0 bridgehead atoms. The highest BCUT2D eigenvalue weighted by Crippen LogP contribution is 2.40. The van der Waals surface area contributed by atoms with Gasteiger partial charge in [0.1, 0.15) is 11.5 Å². The summed E-state index contributed by atoms with van der Waals surface area (Å²) < 4.78 is 11.0. The highest BCUT2D eigenvalue weighted by atomic mass is 32.2. The van der Waals surface area contributed by atoms with Crippen LogP contribution in [0.1, 0.15) is 43.4 Å². The van der Waals surface area contributed by atoms with Crippen LogP contribution in [0.25, 0.3) is 5.57 Å². The van der Waals surface area contributed by atoms with Gasteiger partial charge in [0, 0.05) is 34.5 Å². The van der Waals surface area contributed by atoms with Crippen LogP contribution in [-0.2, 0) is 0 Å². The lowest BCUT2D eigenvalue weighted by Crippen LogP contribution is -2.16. The van der Waals surface area contributed by atoms with E-state index in [1.807, 2.05) is 26.0 Å². The first kappa shape index (κ1) is 25.9. The van der Waals surface area contributed by atoms with E-state index in [2.05, 4.69) is 61.5 Å². The van der Waals surface area contributed by atoms with Gasteiger partial charge in [-0.05, 0) is 55.2 Å². The lowest BCUT2D eigenvalue weighted by molar-refractivity contribution is 0.389. The number of thiol groups is 1. The predicted octanol–water partition coefficient (Wildman–Crippen LogP) is 7.80. The predicted molar refractivity (Wildman–Crippen MR) is 151 cm³/mol. The minimum absolute atomic E-state index is 0.763. The fourth-order valence-electron chi connectivity index (χ4n) is 3.96. The van der Waals surface area contributed by atoms with Gasteiger partial charge in [0.2, 0.25) is 0 Å². The number of dihydropyridines is 1. The van der Waals surface area contributed by atoms with Crippen LogP contribution in [0.2, 0.25) is 0 Å². The topological polar surface area (TPSA) is 42.5 Å². The zero-order valence-corrected chi connectivity index (χ0v) is 22.5. The smallest absolute Gasteiger partial charge is 0.127 e. The molecule has 2 N–H and O–H groups in total. The number of thioether (sulfide) groups is 1. The molecule has 6 heteroatoms. The molecule has 0 aromatic heterocycles. The number of ether oxygens (including phenoxy) is 2. The Morgan fingerprint density at radius 2 is 1.82 bits per heavy atom. The number of nitrogens with one attached hydrogen (secondary N) is 2. The Labute approximate surface area is 213 Å². The van der Waals surface area contributed by atoms with E-state index < -0.39 is 0 Å². The number of rotatable bonds is 9. The number of hydrogen-bond donors (Lipinski definition) is 3. The zero-order chi connectivity index (χ0) is 24.8. The molecule has 0 saturated heterocycles. The molecule has 2 aromatic carbocycles. The van der Waals surface area contributed by atoms with Crippen molar-refractivity contribution < 1.29 is 9.47 Å². The summed E-state index contributed by atoms with van der Waals surface area (Å²) in [5.41, 5.74) is 8.09. The number of benzene rings is 2. The molecule has 2 aromatic rings. The fourth-order valence-corrected chi connectivity index (χ4v) is 5.08. The molecule has 180 valence electrons. The molecule has 0 spiro atoms. The molecule has 4 nitrogen and oxygen atoms in total. The molecule has 1 aliphatic rings. The van der Waals surface area contributed by atoms with Crippen LogP contribution < -0.4 is 20.1 Å². The van der Waals surface area contributed by atoms with Crippen LogP contribution in [0.4, 0.5) is 5.69 Å². The molecule has 34 heavy (non-hydrogen) atoms. The van der Waals surface area contributed by atoms with Crippen molar-refractivity contribution in [3.63, 3.8) is 0 Å². The number of allylic oxidation sites excluding steroid dienone is 3. The van der Waals surface area contributed by atoms with Crippen LogP contribution in [0.5, 0.6) is 11.5 Å². The summed E-state index contributed by atoms with van der Waals surface area (Å²) in [6.45, 7) is 12.6. The largest absolute Gasteiger partial charge is 0.496 e. The van der Waals surface area contributed by atoms with Gasteiger partial charge in [0.25, 0.3) is 0 Å². The molecule has 1 heterocycles. The molecule has 0 amide bonds. The van der Waals surface area contributed by atoms with Crippen LogP contribution in [-0.4, -0.2) is 14.2 Å². The van der Waals surface area contributed by atoms with Gasteiger partial charge in [0.05, 0.1) is 24.9 Å².